The molecule has 1 atom stereocenters. The molecule has 1 heterocycles. The fourth-order valence-corrected chi connectivity index (χ4v) is 2.66. The van der Waals surface area contributed by atoms with Crippen LogP contribution in [-0.2, 0) is 17.1 Å². The molecular formula is C14H20N4O2S. The highest BCUT2D eigenvalue weighted by atomic mass is 32.2. The Labute approximate surface area is 125 Å². The molecule has 0 aliphatic rings. The van der Waals surface area contributed by atoms with E-state index in [2.05, 4.69) is 22.1 Å². The zero-order valence-electron chi connectivity index (χ0n) is 12.4. The van der Waals surface area contributed by atoms with Gasteiger partial charge in [-0.25, -0.2) is 8.42 Å². The maximum atomic E-state index is 11.2. The number of aromatic nitrogens is 2. The van der Waals surface area contributed by atoms with Crippen molar-refractivity contribution in [1.82, 2.24) is 9.78 Å². The zero-order chi connectivity index (χ0) is 15.5. The van der Waals surface area contributed by atoms with E-state index in [1.807, 2.05) is 31.6 Å². The number of sulfonamides is 1. The summed E-state index contributed by atoms with van der Waals surface area (Å²) in [5, 5.41) is 7.60. The molecule has 1 aromatic carbocycles. The van der Waals surface area contributed by atoms with Gasteiger partial charge in [-0.3, -0.25) is 9.40 Å². The first kappa shape index (κ1) is 15.4. The minimum Gasteiger partial charge on any atom is -0.378 e. The fraction of sp³-hybridized carbons (Fsp3) is 0.357. The van der Waals surface area contributed by atoms with Gasteiger partial charge >= 0.3 is 0 Å². The molecule has 1 aromatic heterocycles. The molecule has 0 saturated carbocycles. The lowest BCUT2D eigenvalue weighted by molar-refractivity contribution is 0.607. The highest BCUT2D eigenvalue weighted by Crippen LogP contribution is 2.23. The average molecular weight is 308 g/mol. The number of nitrogens with one attached hydrogen (secondary N) is 2. The highest BCUT2D eigenvalue weighted by molar-refractivity contribution is 7.92. The second-order valence-electron chi connectivity index (χ2n) is 5.00. The third-order valence-corrected chi connectivity index (χ3v) is 3.67. The van der Waals surface area contributed by atoms with Crippen molar-refractivity contribution >= 4 is 21.4 Å². The number of hydrogen-bond acceptors (Lipinski definition) is 4. The fourth-order valence-electron chi connectivity index (χ4n) is 2.09. The second kappa shape index (κ2) is 6.17. The number of rotatable bonds is 6. The number of anilines is 2. The molecule has 0 unspecified atom stereocenters. The lowest BCUT2D eigenvalue weighted by Gasteiger charge is -2.17. The largest absolute Gasteiger partial charge is 0.378 e. The third kappa shape index (κ3) is 4.49. The first-order valence-electron chi connectivity index (χ1n) is 6.70. The average Bonchev–Trinajstić information content (AvgIpc) is 2.82. The molecule has 0 aliphatic carbocycles. The van der Waals surface area contributed by atoms with E-state index in [9.17, 15) is 8.42 Å². The van der Waals surface area contributed by atoms with E-state index in [1.165, 1.54) is 0 Å². The molecule has 0 fully saturated rings. The van der Waals surface area contributed by atoms with E-state index < -0.39 is 10.0 Å². The normalized spacial score (nSPS) is 12.9. The number of hydrogen-bond donors (Lipinski definition) is 2. The van der Waals surface area contributed by atoms with Crippen LogP contribution in [0.2, 0.25) is 0 Å². The maximum absolute atomic E-state index is 11.2. The van der Waals surface area contributed by atoms with E-state index in [0.717, 1.165) is 23.9 Å². The molecule has 0 saturated heterocycles. The van der Waals surface area contributed by atoms with E-state index >= 15 is 0 Å². The SMILES string of the molecule is CC[C@@H](Nc1ccc(NS(C)(=O)=O)cc1)c1cnn(C)c1. The van der Waals surface area contributed by atoms with Crippen LogP contribution in [0.25, 0.3) is 0 Å². The van der Waals surface area contributed by atoms with Crippen LogP contribution in [-0.4, -0.2) is 24.5 Å². The molecule has 7 heteroatoms. The Morgan fingerprint density at radius 3 is 2.33 bits per heavy atom. The molecule has 0 aliphatic heterocycles. The molecule has 0 spiro atoms. The van der Waals surface area contributed by atoms with E-state index in [0.29, 0.717) is 5.69 Å². The van der Waals surface area contributed by atoms with Crippen molar-refractivity contribution in [2.75, 3.05) is 16.3 Å². The smallest absolute Gasteiger partial charge is 0.229 e. The monoisotopic (exact) mass is 308 g/mol. The van der Waals surface area contributed by atoms with Crippen molar-refractivity contribution in [3.05, 3.63) is 42.2 Å². The van der Waals surface area contributed by atoms with Crippen LogP contribution >= 0.6 is 0 Å². The van der Waals surface area contributed by atoms with Gasteiger partial charge in [-0.2, -0.15) is 5.10 Å². The van der Waals surface area contributed by atoms with Crippen LogP contribution in [0.1, 0.15) is 24.9 Å². The Kier molecular flexibility index (Phi) is 4.52. The highest BCUT2D eigenvalue weighted by Gasteiger charge is 2.11. The summed E-state index contributed by atoms with van der Waals surface area (Å²) < 4.78 is 26.5. The van der Waals surface area contributed by atoms with Crippen molar-refractivity contribution in [2.45, 2.75) is 19.4 Å². The van der Waals surface area contributed by atoms with Crippen molar-refractivity contribution in [2.24, 2.45) is 7.05 Å². The molecule has 2 rings (SSSR count). The molecule has 2 N–H and O–H groups in total. The molecule has 6 nitrogen and oxygen atoms in total. The Hall–Kier alpha value is -2.02. The molecule has 0 amide bonds. The van der Waals surface area contributed by atoms with Crippen LogP contribution in [0, 0.1) is 0 Å². The van der Waals surface area contributed by atoms with Gasteiger partial charge in [-0.1, -0.05) is 6.92 Å². The Morgan fingerprint density at radius 2 is 1.86 bits per heavy atom. The topological polar surface area (TPSA) is 76.0 Å². The lowest BCUT2D eigenvalue weighted by atomic mass is 10.1. The summed E-state index contributed by atoms with van der Waals surface area (Å²) in [6, 6.07) is 7.35. The van der Waals surface area contributed by atoms with Crippen molar-refractivity contribution < 1.29 is 8.42 Å². The molecule has 21 heavy (non-hydrogen) atoms. The Bertz CT molecular complexity index is 692. The zero-order valence-corrected chi connectivity index (χ0v) is 13.2. The summed E-state index contributed by atoms with van der Waals surface area (Å²) >= 11 is 0. The van der Waals surface area contributed by atoms with E-state index in [4.69, 9.17) is 0 Å². The number of benzene rings is 1. The van der Waals surface area contributed by atoms with E-state index in [1.54, 1.807) is 16.8 Å². The first-order valence-corrected chi connectivity index (χ1v) is 8.59. The summed E-state index contributed by atoms with van der Waals surface area (Å²) in [4.78, 5) is 0. The van der Waals surface area contributed by atoms with Crippen LogP contribution in [0.5, 0.6) is 0 Å². The summed E-state index contributed by atoms with van der Waals surface area (Å²) in [7, 11) is -1.35. The van der Waals surface area contributed by atoms with Crippen LogP contribution in [0.4, 0.5) is 11.4 Å². The number of aryl methyl sites for hydroxylation is 1. The predicted octanol–water partition coefficient (Wildman–Crippen LogP) is 2.35. The van der Waals surface area contributed by atoms with Gasteiger partial charge in [0.05, 0.1) is 18.5 Å². The first-order chi connectivity index (χ1) is 9.87. The van der Waals surface area contributed by atoms with Crippen LogP contribution in [0.15, 0.2) is 36.7 Å². The van der Waals surface area contributed by atoms with Gasteiger partial charge < -0.3 is 5.32 Å². The van der Waals surface area contributed by atoms with Gasteiger partial charge in [0.2, 0.25) is 10.0 Å². The minimum atomic E-state index is -3.24. The second-order valence-corrected chi connectivity index (χ2v) is 6.75. The summed E-state index contributed by atoms with van der Waals surface area (Å²) in [6.07, 6.45) is 5.89. The number of nitrogens with zero attached hydrogens (tertiary/aromatic N) is 2. The quantitative estimate of drug-likeness (QED) is 0.859. The molecule has 114 valence electrons. The summed E-state index contributed by atoms with van der Waals surface area (Å²) in [5.74, 6) is 0. The molecule has 0 radical (unpaired) electrons. The van der Waals surface area contributed by atoms with Gasteiger partial charge in [0.25, 0.3) is 0 Å². The van der Waals surface area contributed by atoms with Gasteiger partial charge in [0.1, 0.15) is 0 Å². The van der Waals surface area contributed by atoms with Crippen molar-refractivity contribution in [3.63, 3.8) is 0 Å². The predicted molar refractivity (Wildman–Crippen MR) is 84.8 cm³/mol. The van der Waals surface area contributed by atoms with E-state index in [-0.39, 0.29) is 6.04 Å². The van der Waals surface area contributed by atoms with Crippen LogP contribution in [0.3, 0.4) is 0 Å². The molecular weight excluding hydrogens is 288 g/mol. The molecule has 0 bridgehead atoms. The van der Waals surface area contributed by atoms with Gasteiger partial charge in [-0.05, 0) is 30.7 Å². The Balaban J connectivity index is 2.08. The summed E-state index contributed by atoms with van der Waals surface area (Å²) in [5.41, 5.74) is 2.61. The van der Waals surface area contributed by atoms with Crippen molar-refractivity contribution in [3.8, 4) is 0 Å². The minimum absolute atomic E-state index is 0.174. The van der Waals surface area contributed by atoms with Crippen LogP contribution < -0.4 is 10.0 Å². The van der Waals surface area contributed by atoms with Gasteiger partial charge in [-0.15, -0.1) is 0 Å². The molecule has 2 aromatic rings. The van der Waals surface area contributed by atoms with Gasteiger partial charge in [0, 0.05) is 30.2 Å². The van der Waals surface area contributed by atoms with Gasteiger partial charge in [0.15, 0.2) is 0 Å². The Morgan fingerprint density at radius 1 is 1.24 bits per heavy atom. The maximum Gasteiger partial charge on any atom is 0.229 e. The summed E-state index contributed by atoms with van der Waals surface area (Å²) in [6.45, 7) is 2.10. The standard InChI is InChI=1S/C14H20N4O2S/c1-4-14(11-9-15-18(2)10-11)16-12-5-7-13(8-6-12)17-21(3,19)20/h5-10,14,16-17H,4H2,1-3H3/t14-/m1/s1. The third-order valence-electron chi connectivity index (χ3n) is 3.06. The van der Waals surface area contributed by atoms with Crippen molar-refractivity contribution in [1.29, 1.82) is 0 Å². The lowest BCUT2D eigenvalue weighted by Crippen LogP contribution is -2.10.